The van der Waals surface area contributed by atoms with Gasteiger partial charge >= 0.3 is 0 Å². The van der Waals surface area contributed by atoms with Gasteiger partial charge in [0.1, 0.15) is 16.7 Å². The van der Waals surface area contributed by atoms with Crippen molar-refractivity contribution in [2.24, 2.45) is 0 Å². The van der Waals surface area contributed by atoms with Crippen molar-refractivity contribution in [1.29, 1.82) is 0 Å². The Labute approximate surface area is 193 Å². The summed E-state index contributed by atoms with van der Waals surface area (Å²) in [6, 6.07) is 18.1. The largest absolute Gasteiger partial charge is 0.495 e. The topological polar surface area (TPSA) is 84.5 Å². The summed E-state index contributed by atoms with van der Waals surface area (Å²) >= 11 is 6.02. The van der Waals surface area contributed by atoms with Gasteiger partial charge in [0.2, 0.25) is 15.9 Å². The number of nitrogens with one attached hydrogen (secondary N) is 2. The molecule has 168 valence electrons. The van der Waals surface area contributed by atoms with Crippen molar-refractivity contribution in [2.45, 2.75) is 31.2 Å². The van der Waals surface area contributed by atoms with Crippen LogP contribution in [-0.2, 0) is 21.2 Å². The van der Waals surface area contributed by atoms with Crippen molar-refractivity contribution in [2.75, 3.05) is 12.4 Å². The Bertz CT molecular complexity index is 1190. The van der Waals surface area contributed by atoms with Crippen LogP contribution in [-0.4, -0.2) is 27.5 Å². The van der Waals surface area contributed by atoms with Crippen molar-refractivity contribution in [3.63, 3.8) is 0 Å². The Kier molecular flexibility index (Phi) is 7.56. The SMILES string of the molecule is COc1ccc(Cl)cc1S(=O)(=O)N[C@@H](Cc1ccccc1)C(=O)Nc1cc(C)cc(C)c1. The first kappa shape index (κ1) is 23.8. The predicted molar refractivity (Wildman–Crippen MR) is 127 cm³/mol. The highest BCUT2D eigenvalue weighted by Crippen LogP contribution is 2.27. The first-order valence-corrected chi connectivity index (χ1v) is 11.8. The van der Waals surface area contributed by atoms with E-state index in [1.54, 1.807) is 0 Å². The van der Waals surface area contributed by atoms with E-state index in [1.165, 1.54) is 25.3 Å². The van der Waals surface area contributed by atoms with Crippen molar-refractivity contribution in [1.82, 2.24) is 4.72 Å². The average Bonchev–Trinajstić information content (AvgIpc) is 2.73. The van der Waals surface area contributed by atoms with Crippen LogP contribution in [0.25, 0.3) is 0 Å². The average molecular weight is 473 g/mol. The molecule has 0 bridgehead atoms. The van der Waals surface area contributed by atoms with Gasteiger partial charge in [-0.05, 0) is 67.3 Å². The molecular formula is C24H25ClN2O4S. The fourth-order valence-corrected chi connectivity index (χ4v) is 5.05. The molecule has 0 fully saturated rings. The number of amides is 1. The Morgan fingerprint density at radius 3 is 2.28 bits per heavy atom. The van der Waals surface area contributed by atoms with Crippen molar-refractivity contribution >= 4 is 33.2 Å². The molecule has 0 saturated heterocycles. The number of hydrogen-bond donors (Lipinski definition) is 2. The molecule has 0 aromatic heterocycles. The lowest BCUT2D eigenvalue weighted by Crippen LogP contribution is -2.45. The third-order valence-corrected chi connectivity index (χ3v) is 6.53. The maximum absolute atomic E-state index is 13.2. The molecule has 1 amide bonds. The third-order valence-electron chi connectivity index (χ3n) is 4.80. The molecule has 0 aliphatic carbocycles. The number of sulfonamides is 1. The summed E-state index contributed by atoms with van der Waals surface area (Å²) in [4.78, 5) is 13.0. The number of aryl methyl sites for hydroxylation is 2. The predicted octanol–water partition coefficient (Wildman–Crippen LogP) is 4.49. The number of rotatable bonds is 8. The quantitative estimate of drug-likeness (QED) is 0.505. The van der Waals surface area contributed by atoms with E-state index in [2.05, 4.69) is 10.0 Å². The van der Waals surface area contributed by atoms with E-state index >= 15 is 0 Å². The van der Waals surface area contributed by atoms with Crippen molar-refractivity contribution < 1.29 is 17.9 Å². The lowest BCUT2D eigenvalue weighted by molar-refractivity contribution is -0.117. The zero-order valence-electron chi connectivity index (χ0n) is 18.1. The number of carbonyl (C=O) groups is 1. The van der Waals surface area contributed by atoms with Gasteiger partial charge < -0.3 is 10.1 Å². The molecule has 3 aromatic rings. The standard InChI is InChI=1S/C24H25ClN2O4S/c1-16-11-17(2)13-20(12-16)26-24(28)21(14-18-7-5-4-6-8-18)27-32(29,30)23-15-19(25)9-10-22(23)31-3/h4-13,15,21,27H,14H2,1-3H3,(H,26,28)/t21-/m0/s1. The van der Waals surface area contributed by atoms with Gasteiger partial charge in [0.15, 0.2) is 0 Å². The maximum Gasteiger partial charge on any atom is 0.245 e. The zero-order valence-corrected chi connectivity index (χ0v) is 19.6. The van der Waals surface area contributed by atoms with Gasteiger partial charge in [-0.2, -0.15) is 4.72 Å². The lowest BCUT2D eigenvalue weighted by atomic mass is 10.1. The second-order valence-corrected chi connectivity index (χ2v) is 9.64. The number of ether oxygens (including phenoxy) is 1. The molecule has 6 nitrogen and oxygen atoms in total. The molecule has 8 heteroatoms. The Balaban J connectivity index is 1.93. The van der Waals surface area contributed by atoms with Crippen LogP contribution in [0, 0.1) is 13.8 Å². The minimum Gasteiger partial charge on any atom is -0.495 e. The van der Waals surface area contributed by atoms with E-state index < -0.39 is 22.0 Å². The number of methoxy groups -OCH3 is 1. The lowest BCUT2D eigenvalue weighted by Gasteiger charge is -2.20. The van der Waals surface area contributed by atoms with Crippen LogP contribution in [0.15, 0.2) is 71.6 Å². The van der Waals surface area contributed by atoms with Crippen LogP contribution in [0.5, 0.6) is 5.75 Å². The van der Waals surface area contributed by atoms with Gasteiger partial charge in [-0.1, -0.05) is 48.0 Å². The van der Waals surface area contributed by atoms with Gasteiger partial charge in [0.05, 0.1) is 7.11 Å². The molecule has 0 heterocycles. The molecule has 0 aliphatic rings. The first-order valence-electron chi connectivity index (χ1n) is 9.97. The van der Waals surface area contributed by atoms with Crippen LogP contribution in [0.4, 0.5) is 5.69 Å². The Morgan fingerprint density at radius 1 is 1.00 bits per heavy atom. The number of hydrogen-bond acceptors (Lipinski definition) is 4. The van der Waals surface area contributed by atoms with Crippen LogP contribution < -0.4 is 14.8 Å². The molecule has 32 heavy (non-hydrogen) atoms. The molecule has 0 unspecified atom stereocenters. The number of benzene rings is 3. The second-order valence-electron chi connectivity index (χ2n) is 7.52. The molecule has 3 aromatic carbocycles. The summed E-state index contributed by atoms with van der Waals surface area (Å²) in [7, 11) is -2.75. The van der Waals surface area contributed by atoms with Gasteiger partial charge in [-0.15, -0.1) is 0 Å². The molecule has 0 aliphatic heterocycles. The molecule has 3 rings (SSSR count). The van der Waals surface area contributed by atoms with Gasteiger partial charge in [0, 0.05) is 10.7 Å². The zero-order chi connectivity index (χ0) is 23.3. The number of carbonyl (C=O) groups excluding carboxylic acids is 1. The van der Waals surface area contributed by atoms with E-state index in [-0.39, 0.29) is 22.1 Å². The molecule has 0 saturated carbocycles. The smallest absolute Gasteiger partial charge is 0.245 e. The highest BCUT2D eigenvalue weighted by atomic mass is 35.5. The minimum atomic E-state index is -4.12. The van der Waals surface area contributed by atoms with Crippen LogP contribution >= 0.6 is 11.6 Å². The highest BCUT2D eigenvalue weighted by molar-refractivity contribution is 7.89. The van der Waals surface area contributed by atoms with Gasteiger partial charge in [-0.3, -0.25) is 4.79 Å². The van der Waals surface area contributed by atoms with Crippen molar-refractivity contribution in [3.8, 4) is 5.75 Å². The van der Waals surface area contributed by atoms with E-state index in [1.807, 2.05) is 62.4 Å². The summed E-state index contributed by atoms with van der Waals surface area (Å²) in [5.41, 5.74) is 3.40. The third kappa shape index (κ3) is 6.09. The van der Waals surface area contributed by atoms with Gasteiger partial charge in [-0.25, -0.2) is 8.42 Å². The van der Waals surface area contributed by atoms with Crippen LogP contribution in [0.3, 0.4) is 0 Å². The minimum absolute atomic E-state index is 0.134. The van der Waals surface area contributed by atoms with Gasteiger partial charge in [0.25, 0.3) is 0 Å². The summed E-state index contributed by atoms with van der Waals surface area (Å²) in [6.45, 7) is 3.86. The molecular weight excluding hydrogens is 448 g/mol. The highest BCUT2D eigenvalue weighted by Gasteiger charge is 2.28. The molecule has 1 atom stereocenters. The second kappa shape index (κ2) is 10.2. The van der Waals surface area contributed by atoms with E-state index in [0.717, 1.165) is 16.7 Å². The molecule has 2 N–H and O–H groups in total. The maximum atomic E-state index is 13.2. The molecule has 0 spiro atoms. The fourth-order valence-electron chi connectivity index (χ4n) is 3.43. The number of halogens is 1. The normalized spacial score (nSPS) is 12.2. The number of anilines is 1. The fraction of sp³-hybridized carbons (Fsp3) is 0.208. The van der Waals surface area contributed by atoms with Crippen LogP contribution in [0.2, 0.25) is 5.02 Å². The Morgan fingerprint density at radius 2 is 1.66 bits per heavy atom. The summed E-state index contributed by atoms with van der Waals surface area (Å²) < 4.78 is 34.1. The first-order chi connectivity index (χ1) is 15.2. The summed E-state index contributed by atoms with van der Waals surface area (Å²) in [5, 5.41) is 3.08. The van der Waals surface area contributed by atoms with Crippen LogP contribution in [0.1, 0.15) is 16.7 Å². The van der Waals surface area contributed by atoms with Crippen molar-refractivity contribution in [3.05, 3.63) is 88.4 Å². The van der Waals surface area contributed by atoms with E-state index in [0.29, 0.717) is 5.69 Å². The Hall–Kier alpha value is -2.87. The summed E-state index contributed by atoms with van der Waals surface area (Å²) in [6.07, 6.45) is 0.166. The van der Waals surface area contributed by atoms with E-state index in [9.17, 15) is 13.2 Å². The monoisotopic (exact) mass is 472 g/mol. The van der Waals surface area contributed by atoms with E-state index in [4.69, 9.17) is 16.3 Å². The molecule has 0 radical (unpaired) electrons. The summed E-state index contributed by atoms with van der Waals surface area (Å²) in [5.74, 6) is -0.335.